The Balaban J connectivity index is 2.59. The van der Waals surface area contributed by atoms with Gasteiger partial charge in [0.15, 0.2) is 0 Å². The first-order valence-corrected chi connectivity index (χ1v) is 8.06. The molecular formula is C12H17IN2O2S. The molecule has 0 bridgehead atoms. The minimum absolute atomic E-state index is 0.138. The van der Waals surface area contributed by atoms with E-state index in [4.69, 9.17) is 0 Å². The van der Waals surface area contributed by atoms with Gasteiger partial charge in [0, 0.05) is 27.4 Å². The Hall–Kier alpha value is -0.500. The van der Waals surface area contributed by atoms with E-state index >= 15 is 0 Å². The zero-order valence-corrected chi connectivity index (χ0v) is 13.5. The molecule has 18 heavy (non-hydrogen) atoms. The van der Waals surface area contributed by atoms with Gasteiger partial charge in [0.05, 0.1) is 4.92 Å². The molecule has 1 aromatic rings. The molecule has 0 saturated heterocycles. The van der Waals surface area contributed by atoms with Crippen molar-refractivity contribution in [2.24, 2.45) is 0 Å². The van der Waals surface area contributed by atoms with Crippen LogP contribution in [-0.4, -0.2) is 22.5 Å². The third-order valence-corrected chi connectivity index (χ3v) is 4.29. The predicted molar refractivity (Wildman–Crippen MR) is 86.5 cm³/mol. The second-order valence-corrected chi connectivity index (χ2v) is 6.51. The number of nitrogens with zero attached hydrogens (tertiary/aromatic N) is 1. The number of thioether (sulfide) groups is 1. The number of non-ortho nitro benzene ring substituents is 1. The summed E-state index contributed by atoms with van der Waals surface area (Å²) in [5, 5.41) is 14.0. The summed E-state index contributed by atoms with van der Waals surface area (Å²) in [5.41, 5.74) is 1.11. The highest BCUT2D eigenvalue weighted by atomic mass is 127. The summed E-state index contributed by atoms with van der Waals surface area (Å²) < 4.78 is 0.886. The lowest BCUT2D eigenvalue weighted by Gasteiger charge is -2.16. The lowest BCUT2D eigenvalue weighted by atomic mass is 10.2. The molecule has 1 rings (SSSR count). The molecule has 0 aromatic heterocycles. The highest BCUT2D eigenvalue weighted by Gasteiger charge is 2.10. The summed E-state index contributed by atoms with van der Waals surface area (Å²) >= 11 is 4.05. The summed E-state index contributed by atoms with van der Waals surface area (Å²) in [4.78, 5) is 10.3. The molecule has 0 radical (unpaired) electrons. The van der Waals surface area contributed by atoms with E-state index in [1.54, 1.807) is 12.1 Å². The zero-order valence-electron chi connectivity index (χ0n) is 10.5. The average Bonchev–Trinajstić information content (AvgIpc) is 2.32. The van der Waals surface area contributed by atoms with E-state index in [2.05, 4.69) is 41.8 Å². The number of nitrogens with one attached hydrogen (secondary N) is 1. The number of benzene rings is 1. The number of hydrogen-bond acceptors (Lipinski definition) is 4. The number of nitro benzene ring substituents is 1. The van der Waals surface area contributed by atoms with Crippen LogP contribution in [0.2, 0.25) is 0 Å². The molecule has 1 unspecified atom stereocenters. The number of anilines is 1. The van der Waals surface area contributed by atoms with E-state index in [1.165, 1.54) is 6.07 Å². The first-order chi connectivity index (χ1) is 8.54. The minimum atomic E-state index is -0.368. The molecule has 0 spiro atoms. The number of hydrogen-bond donors (Lipinski definition) is 1. The predicted octanol–water partition coefficient (Wildman–Crippen LogP) is 4.14. The third-order valence-electron chi connectivity index (χ3n) is 2.46. The molecule has 4 nitrogen and oxygen atoms in total. The van der Waals surface area contributed by atoms with E-state index in [-0.39, 0.29) is 10.6 Å². The number of rotatable bonds is 7. The fraction of sp³-hybridized carbons (Fsp3) is 0.500. The van der Waals surface area contributed by atoms with E-state index in [1.807, 2.05) is 11.8 Å². The maximum Gasteiger partial charge on any atom is 0.270 e. The topological polar surface area (TPSA) is 55.2 Å². The molecule has 100 valence electrons. The molecular weight excluding hydrogens is 363 g/mol. The normalized spacial score (nSPS) is 12.2. The van der Waals surface area contributed by atoms with Gasteiger partial charge in [-0.3, -0.25) is 10.1 Å². The van der Waals surface area contributed by atoms with Gasteiger partial charge in [-0.15, -0.1) is 0 Å². The Bertz CT molecular complexity index is 415. The second-order valence-electron chi connectivity index (χ2n) is 3.95. The smallest absolute Gasteiger partial charge is 0.270 e. The minimum Gasteiger partial charge on any atom is -0.382 e. The third kappa shape index (κ3) is 5.01. The molecule has 1 atom stereocenters. The fourth-order valence-corrected chi connectivity index (χ4v) is 2.94. The number of nitro groups is 1. The van der Waals surface area contributed by atoms with Crippen LogP contribution in [-0.2, 0) is 0 Å². The molecule has 0 aliphatic heterocycles. The van der Waals surface area contributed by atoms with Crippen molar-refractivity contribution in [2.45, 2.75) is 26.3 Å². The van der Waals surface area contributed by atoms with E-state index in [0.29, 0.717) is 6.04 Å². The monoisotopic (exact) mass is 380 g/mol. The van der Waals surface area contributed by atoms with Crippen LogP contribution in [0.5, 0.6) is 0 Å². The largest absolute Gasteiger partial charge is 0.382 e. The van der Waals surface area contributed by atoms with Crippen molar-refractivity contribution in [1.82, 2.24) is 0 Å². The molecule has 0 heterocycles. The summed E-state index contributed by atoms with van der Waals surface area (Å²) in [6.45, 7) is 4.29. The van der Waals surface area contributed by atoms with Crippen LogP contribution >= 0.6 is 34.4 Å². The van der Waals surface area contributed by atoms with Crippen molar-refractivity contribution in [1.29, 1.82) is 0 Å². The van der Waals surface area contributed by atoms with E-state index in [9.17, 15) is 10.1 Å². The molecule has 6 heteroatoms. The fourth-order valence-electron chi connectivity index (χ4n) is 1.48. The Morgan fingerprint density at radius 2 is 2.28 bits per heavy atom. The van der Waals surface area contributed by atoms with Gasteiger partial charge in [0.1, 0.15) is 0 Å². The molecule has 0 aliphatic rings. The van der Waals surface area contributed by atoms with Gasteiger partial charge in [0.2, 0.25) is 0 Å². The quantitative estimate of drug-likeness (QED) is 0.334. The summed E-state index contributed by atoms with van der Waals surface area (Å²) in [7, 11) is 0. The zero-order chi connectivity index (χ0) is 13.5. The van der Waals surface area contributed by atoms with Crippen LogP contribution in [0.15, 0.2) is 18.2 Å². The van der Waals surface area contributed by atoms with Crippen molar-refractivity contribution in [3.63, 3.8) is 0 Å². The van der Waals surface area contributed by atoms with Gasteiger partial charge < -0.3 is 5.32 Å². The molecule has 0 amide bonds. The number of halogens is 1. The molecule has 0 saturated carbocycles. The Morgan fingerprint density at radius 1 is 1.56 bits per heavy atom. The van der Waals surface area contributed by atoms with E-state index in [0.717, 1.165) is 27.2 Å². The summed E-state index contributed by atoms with van der Waals surface area (Å²) in [5.74, 6) is 2.27. The standard InChI is InChI=1S/C12H17IN2O2S/c1-3-18-7-6-9(2)14-12-5-4-10(15(16)17)8-11(12)13/h4-5,8-9,14H,3,6-7H2,1-2H3. The van der Waals surface area contributed by atoms with Crippen LogP contribution in [0, 0.1) is 13.7 Å². The summed E-state index contributed by atoms with van der Waals surface area (Å²) in [6.07, 6.45) is 1.09. The van der Waals surface area contributed by atoms with Crippen molar-refractivity contribution >= 4 is 45.7 Å². The SMILES string of the molecule is CCSCCC(C)Nc1ccc([N+](=O)[O-])cc1I. The highest BCUT2D eigenvalue weighted by Crippen LogP contribution is 2.24. The molecule has 0 aliphatic carbocycles. The first kappa shape index (κ1) is 15.6. The van der Waals surface area contributed by atoms with Gasteiger partial charge in [-0.2, -0.15) is 11.8 Å². The van der Waals surface area contributed by atoms with Gasteiger partial charge in [-0.05, 0) is 53.5 Å². The van der Waals surface area contributed by atoms with Crippen LogP contribution in [0.3, 0.4) is 0 Å². The van der Waals surface area contributed by atoms with Gasteiger partial charge in [-0.1, -0.05) is 6.92 Å². The van der Waals surface area contributed by atoms with Gasteiger partial charge in [-0.25, -0.2) is 0 Å². The first-order valence-electron chi connectivity index (χ1n) is 5.82. The molecule has 1 aromatic carbocycles. The molecule has 0 fully saturated rings. The summed E-state index contributed by atoms with van der Waals surface area (Å²) in [6, 6.07) is 5.29. The Kier molecular flexibility index (Phi) is 6.77. The maximum atomic E-state index is 10.6. The molecule has 1 N–H and O–H groups in total. The van der Waals surface area contributed by atoms with Gasteiger partial charge >= 0.3 is 0 Å². The van der Waals surface area contributed by atoms with Crippen LogP contribution < -0.4 is 5.32 Å². The van der Waals surface area contributed by atoms with Crippen LogP contribution in [0.1, 0.15) is 20.3 Å². The van der Waals surface area contributed by atoms with Crippen molar-refractivity contribution in [3.8, 4) is 0 Å². The average molecular weight is 380 g/mol. The Morgan fingerprint density at radius 3 is 2.83 bits per heavy atom. The lowest BCUT2D eigenvalue weighted by molar-refractivity contribution is -0.384. The van der Waals surface area contributed by atoms with Crippen LogP contribution in [0.4, 0.5) is 11.4 Å². The van der Waals surface area contributed by atoms with Crippen molar-refractivity contribution < 1.29 is 4.92 Å². The Labute approximate surface area is 125 Å². The second kappa shape index (κ2) is 7.83. The van der Waals surface area contributed by atoms with Crippen molar-refractivity contribution in [2.75, 3.05) is 16.8 Å². The maximum absolute atomic E-state index is 10.6. The van der Waals surface area contributed by atoms with Gasteiger partial charge in [0.25, 0.3) is 5.69 Å². The van der Waals surface area contributed by atoms with Crippen LogP contribution in [0.25, 0.3) is 0 Å². The highest BCUT2D eigenvalue weighted by molar-refractivity contribution is 14.1. The van der Waals surface area contributed by atoms with E-state index < -0.39 is 0 Å². The lowest BCUT2D eigenvalue weighted by Crippen LogP contribution is -2.16. The van der Waals surface area contributed by atoms with Crippen molar-refractivity contribution in [3.05, 3.63) is 31.9 Å².